The van der Waals surface area contributed by atoms with Gasteiger partial charge >= 0.3 is 0 Å². The minimum Gasteiger partial charge on any atom is -0.353 e. The summed E-state index contributed by atoms with van der Waals surface area (Å²) < 4.78 is 0. The Balaban J connectivity index is 1.25. The largest absolute Gasteiger partial charge is 0.353 e. The van der Waals surface area contributed by atoms with Crippen LogP contribution in [0.4, 0.5) is 17.1 Å². The summed E-state index contributed by atoms with van der Waals surface area (Å²) in [6, 6.07) is 17.5. The third-order valence-electron chi connectivity index (χ3n) is 5.97. The van der Waals surface area contributed by atoms with Gasteiger partial charge in [0.25, 0.3) is 0 Å². The Labute approximate surface area is 213 Å². The first-order valence-electron chi connectivity index (χ1n) is 12.3. The molecule has 0 aromatic heterocycles. The van der Waals surface area contributed by atoms with Gasteiger partial charge in [-0.1, -0.05) is 50.8 Å². The predicted molar refractivity (Wildman–Crippen MR) is 149 cm³/mol. The smallest absolute Gasteiger partial charge is 0.238 e. The average molecular weight is 486 g/mol. The molecule has 2 aromatic rings. The number of para-hydroxylation sites is 1. The third-order valence-corrected chi connectivity index (χ3v) is 5.97. The van der Waals surface area contributed by atoms with Crippen molar-refractivity contribution in [2.24, 2.45) is 10.9 Å². The minimum absolute atomic E-state index is 0.0143. The molecule has 4 rings (SSSR count). The number of hydrazine groups is 1. The zero-order valence-electron chi connectivity index (χ0n) is 21.0. The lowest BCUT2D eigenvalue weighted by Gasteiger charge is -2.37. The number of hydrogen-bond donors (Lipinski definition) is 4. The van der Waals surface area contributed by atoms with Crippen LogP contribution in [0.1, 0.15) is 13.8 Å². The Bertz CT molecular complexity index is 1130. The van der Waals surface area contributed by atoms with Crippen LogP contribution in [-0.2, 0) is 4.79 Å². The van der Waals surface area contributed by atoms with Gasteiger partial charge < -0.3 is 26.4 Å². The normalized spacial score (nSPS) is 16.4. The van der Waals surface area contributed by atoms with Gasteiger partial charge in [-0.15, -0.1) is 0 Å². The molecule has 1 amide bonds. The third kappa shape index (κ3) is 6.99. The number of anilines is 3. The van der Waals surface area contributed by atoms with Crippen LogP contribution in [0.25, 0.3) is 0 Å². The van der Waals surface area contributed by atoms with Gasteiger partial charge in [0.15, 0.2) is 0 Å². The Hall–Kier alpha value is -4.04. The van der Waals surface area contributed by atoms with Gasteiger partial charge in [-0.2, -0.15) is 0 Å². The molecular formula is C28H35N7O. The molecule has 0 bridgehead atoms. The highest BCUT2D eigenvalue weighted by molar-refractivity contribution is 5.92. The first kappa shape index (κ1) is 25.1. The Morgan fingerprint density at radius 2 is 1.64 bits per heavy atom. The van der Waals surface area contributed by atoms with E-state index in [1.54, 1.807) is 6.34 Å². The van der Waals surface area contributed by atoms with Crippen LogP contribution in [0, 0.1) is 5.92 Å². The Morgan fingerprint density at radius 3 is 2.31 bits per heavy atom. The van der Waals surface area contributed by atoms with Crippen molar-refractivity contribution in [1.82, 2.24) is 15.1 Å². The second-order valence-electron chi connectivity index (χ2n) is 9.23. The highest BCUT2D eigenvalue weighted by Gasteiger charge is 2.23. The van der Waals surface area contributed by atoms with Crippen molar-refractivity contribution < 1.29 is 4.79 Å². The van der Waals surface area contributed by atoms with E-state index in [0.29, 0.717) is 12.5 Å². The number of rotatable bonds is 9. The molecule has 36 heavy (non-hydrogen) atoms. The van der Waals surface area contributed by atoms with E-state index in [9.17, 15) is 4.79 Å². The lowest BCUT2D eigenvalue weighted by Crippen LogP contribution is -2.48. The Morgan fingerprint density at radius 1 is 1.00 bits per heavy atom. The van der Waals surface area contributed by atoms with Crippen molar-refractivity contribution in [3.8, 4) is 0 Å². The van der Waals surface area contributed by atoms with Crippen molar-refractivity contribution in [2.75, 3.05) is 48.9 Å². The van der Waals surface area contributed by atoms with Gasteiger partial charge in [0.2, 0.25) is 5.91 Å². The number of nitrogens with zero attached hydrogens (tertiary/aromatic N) is 3. The molecule has 2 aliphatic heterocycles. The average Bonchev–Trinajstić information content (AvgIpc) is 2.88. The van der Waals surface area contributed by atoms with Crippen molar-refractivity contribution >= 4 is 29.3 Å². The lowest BCUT2D eigenvalue weighted by molar-refractivity contribution is -0.117. The summed E-state index contributed by atoms with van der Waals surface area (Å²) in [6.45, 7) is 12.0. The summed E-state index contributed by atoms with van der Waals surface area (Å²) in [7, 11) is 0. The standard InChI is InChI=1S/C28H35N7O/c1-21(2)9-14-26-22(3)29-20-30-28(26)35-17-15-34(16-18-35)19-27(36)31-23-10-12-25(13-11-23)33-32-24-7-5-4-6-8-24/h4-14,20-21,32-33H,3,15-19H2,1-2H3,(H,29,30)(H,31,36)/b14-9-. The summed E-state index contributed by atoms with van der Waals surface area (Å²) in [5.41, 5.74) is 10.8. The van der Waals surface area contributed by atoms with Crippen LogP contribution < -0.4 is 21.5 Å². The van der Waals surface area contributed by atoms with Crippen molar-refractivity contribution in [3.05, 3.63) is 90.4 Å². The van der Waals surface area contributed by atoms with Gasteiger partial charge in [0, 0.05) is 43.1 Å². The molecule has 2 aliphatic rings. The van der Waals surface area contributed by atoms with E-state index < -0.39 is 0 Å². The van der Waals surface area contributed by atoms with E-state index in [0.717, 1.165) is 60.3 Å². The Kier molecular flexibility index (Phi) is 8.41. The van der Waals surface area contributed by atoms with Crippen molar-refractivity contribution in [2.45, 2.75) is 13.8 Å². The van der Waals surface area contributed by atoms with Crippen LogP contribution in [0.5, 0.6) is 0 Å². The number of carbonyl (C=O) groups is 1. The zero-order valence-corrected chi connectivity index (χ0v) is 21.0. The number of piperazine rings is 1. The van der Waals surface area contributed by atoms with Crippen LogP contribution in [0.15, 0.2) is 95.4 Å². The van der Waals surface area contributed by atoms with Gasteiger partial charge in [0.1, 0.15) is 5.82 Å². The van der Waals surface area contributed by atoms with Crippen LogP contribution in [0.2, 0.25) is 0 Å². The van der Waals surface area contributed by atoms with Gasteiger partial charge in [0.05, 0.1) is 24.3 Å². The molecule has 1 saturated heterocycles. The molecule has 2 heterocycles. The highest BCUT2D eigenvalue weighted by atomic mass is 16.2. The second kappa shape index (κ2) is 12.1. The van der Waals surface area contributed by atoms with E-state index in [2.05, 4.69) is 68.9 Å². The second-order valence-corrected chi connectivity index (χ2v) is 9.23. The molecule has 0 spiro atoms. The number of nitrogens with one attached hydrogen (secondary N) is 4. The molecule has 188 valence electrons. The van der Waals surface area contributed by atoms with E-state index in [1.165, 1.54) is 0 Å². The van der Waals surface area contributed by atoms with Crippen LogP contribution in [0.3, 0.4) is 0 Å². The lowest BCUT2D eigenvalue weighted by atomic mass is 10.1. The molecule has 8 nitrogen and oxygen atoms in total. The summed E-state index contributed by atoms with van der Waals surface area (Å²) >= 11 is 0. The fraction of sp³-hybridized carbons (Fsp3) is 0.286. The molecule has 2 aromatic carbocycles. The number of aliphatic imine (C=N–C) groups is 1. The molecule has 4 N–H and O–H groups in total. The molecule has 1 fully saturated rings. The number of hydrogen-bond acceptors (Lipinski definition) is 7. The molecule has 0 atom stereocenters. The van der Waals surface area contributed by atoms with Gasteiger partial charge in [-0.3, -0.25) is 9.69 Å². The molecule has 0 radical (unpaired) electrons. The predicted octanol–water partition coefficient (Wildman–Crippen LogP) is 4.25. The fourth-order valence-corrected chi connectivity index (χ4v) is 3.99. The summed E-state index contributed by atoms with van der Waals surface area (Å²) in [6.07, 6.45) is 5.96. The number of carbonyl (C=O) groups excluding carboxylic acids is 1. The van der Waals surface area contributed by atoms with Crippen molar-refractivity contribution in [1.29, 1.82) is 0 Å². The van der Waals surface area contributed by atoms with Crippen LogP contribution >= 0.6 is 0 Å². The molecule has 0 unspecified atom stereocenters. The highest BCUT2D eigenvalue weighted by Crippen LogP contribution is 2.23. The monoisotopic (exact) mass is 485 g/mol. The maximum Gasteiger partial charge on any atom is 0.238 e. The maximum atomic E-state index is 12.6. The van der Waals surface area contributed by atoms with E-state index >= 15 is 0 Å². The maximum absolute atomic E-state index is 12.6. The van der Waals surface area contributed by atoms with Crippen LogP contribution in [-0.4, -0.2) is 54.8 Å². The molecule has 8 heteroatoms. The zero-order chi connectivity index (χ0) is 25.3. The summed E-state index contributed by atoms with van der Waals surface area (Å²) in [5, 5.41) is 6.11. The van der Waals surface area contributed by atoms with Crippen molar-refractivity contribution in [3.63, 3.8) is 0 Å². The van der Waals surface area contributed by atoms with E-state index in [-0.39, 0.29) is 5.91 Å². The quantitative estimate of drug-likeness (QED) is 0.398. The molecule has 0 aliphatic carbocycles. The topological polar surface area (TPSA) is 84.0 Å². The molecule has 0 saturated carbocycles. The summed E-state index contributed by atoms with van der Waals surface area (Å²) in [5.74, 6) is 1.38. The number of allylic oxidation sites excluding steroid dienone is 2. The molecular weight excluding hydrogens is 450 g/mol. The van der Waals surface area contributed by atoms with Gasteiger partial charge in [-0.25, -0.2) is 4.99 Å². The number of amides is 1. The van der Waals surface area contributed by atoms with E-state index in [1.807, 2.05) is 54.6 Å². The fourth-order valence-electron chi connectivity index (χ4n) is 3.99. The summed E-state index contributed by atoms with van der Waals surface area (Å²) in [4.78, 5) is 21.7. The number of benzene rings is 2. The van der Waals surface area contributed by atoms with Gasteiger partial charge in [-0.05, 0) is 42.3 Å². The van der Waals surface area contributed by atoms with E-state index in [4.69, 9.17) is 0 Å². The first-order valence-corrected chi connectivity index (χ1v) is 12.3. The SMILES string of the molecule is C=C1NC=NC(N2CCN(CC(=O)Nc3ccc(NNc4ccccc4)cc3)CC2)=C1/C=C\C(C)C. The first-order chi connectivity index (χ1) is 17.5. The minimum atomic E-state index is -0.0143.